The standard InChI is InChI=1S/C11H13NO2S/c1-2-6-10(15)12-11(13)14-9-7-4-3-5-8-9/h2-5,7-8,10,15H,1,6H2,(H,12,13). The molecule has 1 N–H and O–H groups in total. The number of rotatable bonds is 4. The maximum absolute atomic E-state index is 11.3. The summed E-state index contributed by atoms with van der Waals surface area (Å²) in [4.78, 5) is 11.3. The monoisotopic (exact) mass is 223 g/mol. The molecule has 0 bridgehead atoms. The summed E-state index contributed by atoms with van der Waals surface area (Å²) in [6.45, 7) is 3.55. The van der Waals surface area contributed by atoms with Gasteiger partial charge >= 0.3 is 6.09 Å². The molecule has 1 amide bonds. The molecule has 0 heterocycles. The van der Waals surface area contributed by atoms with E-state index in [0.29, 0.717) is 12.2 Å². The van der Waals surface area contributed by atoms with Crippen LogP contribution in [0, 0.1) is 0 Å². The van der Waals surface area contributed by atoms with Gasteiger partial charge in [0, 0.05) is 0 Å². The number of carbonyl (C=O) groups excluding carboxylic acids is 1. The molecule has 1 rings (SSSR count). The van der Waals surface area contributed by atoms with Gasteiger partial charge in [-0.15, -0.1) is 6.58 Å². The number of para-hydroxylation sites is 1. The Morgan fingerprint density at radius 3 is 2.80 bits per heavy atom. The molecule has 0 spiro atoms. The van der Waals surface area contributed by atoms with Gasteiger partial charge in [-0.25, -0.2) is 4.79 Å². The molecule has 0 radical (unpaired) electrons. The maximum atomic E-state index is 11.3. The molecule has 1 unspecified atom stereocenters. The molecule has 0 aliphatic heterocycles. The summed E-state index contributed by atoms with van der Waals surface area (Å²) in [7, 11) is 0. The molecular formula is C11H13NO2S. The summed E-state index contributed by atoms with van der Waals surface area (Å²) < 4.78 is 5.00. The number of benzene rings is 1. The van der Waals surface area contributed by atoms with Crippen molar-refractivity contribution in [2.75, 3.05) is 0 Å². The van der Waals surface area contributed by atoms with Crippen LogP contribution >= 0.6 is 12.6 Å². The van der Waals surface area contributed by atoms with Gasteiger partial charge in [-0.2, -0.15) is 12.6 Å². The van der Waals surface area contributed by atoms with Crippen LogP contribution in [0.5, 0.6) is 5.75 Å². The Morgan fingerprint density at radius 2 is 2.20 bits per heavy atom. The Kier molecular flexibility index (Phi) is 4.77. The number of amides is 1. The highest BCUT2D eigenvalue weighted by Gasteiger charge is 2.07. The highest BCUT2D eigenvalue weighted by Crippen LogP contribution is 2.08. The minimum absolute atomic E-state index is 0.265. The van der Waals surface area contributed by atoms with E-state index in [1.165, 1.54) is 0 Å². The number of thiol groups is 1. The fraction of sp³-hybridized carbons (Fsp3) is 0.182. The highest BCUT2D eigenvalue weighted by atomic mass is 32.1. The van der Waals surface area contributed by atoms with Crippen molar-refractivity contribution in [3.05, 3.63) is 43.0 Å². The number of carbonyl (C=O) groups is 1. The van der Waals surface area contributed by atoms with Gasteiger partial charge in [0.15, 0.2) is 0 Å². The summed E-state index contributed by atoms with van der Waals surface area (Å²) in [5.74, 6) is 0.508. The van der Waals surface area contributed by atoms with Crippen molar-refractivity contribution in [1.82, 2.24) is 5.32 Å². The van der Waals surface area contributed by atoms with E-state index in [4.69, 9.17) is 4.74 Å². The molecule has 4 heteroatoms. The van der Waals surface area contributed by atoms with Gasteiger partial charge in [-0.05, 0) is 18.6 Å². The average molecular weight is 223 g/mol. The second-order valence-electron chi connectivity index (χ2n) is 2.89. The van der Waals surface area contributed by atoms with Gasteiger partial charge in [0.25, 0.3) is 0 Å². The number of hydrogen-bond acceptors (Lipinski definition) is 3. The Hall–Kier alpha value is -1.42. The topological polar surface area (TPSA) is 38.3 Å². The molecule has 0 aliphatic rings. The zero-order valence-electron chi connectivity index (χ0n) is 8.22. The van der Waals surface area contributed by atoms with E-state index in [0.717, 1.165) is 0 Å². The van der Waals surface area contributed by atoms with Gasteiger partial charge < -0.3 is 10.1 Å². The average Bonchev–Trinajstić information content (AvgIpc) is 2.19. The molecule has 1 aromatic rings. The fourth-order valence-corrected chi connectivity index (χ4v) is 1.23. The fourth-order valence-electron chi connectivity index (χ4n) is 0.978. The molecule has 0 fully saturated rings. The van der Waals surface area contributed by atoms with Gasteiger partial charge in [0.1, 0.15) is 5.75 Å². The summed E-state index contributed by atoms with van der Waals surface area (Å²) in [5, 5.41) is 2.30. The Labute approximate surface area is 94.5 Å². The van der Waals surface area contributed by atoms with Crippen LogP contribution in [0.15, 0.2) is 43.0 Å². The van der Waals surface area contributed by atoms with Gasteiger partial charge in [-0.1, -0.05) is 24.3 Å². The molecule has 15 heavy (non-hydrogen) atoms. The Morgan fingerprint density at radius 1 is 1.53 bits per heavy atom. The first-order valence-electron chi connectivity index (χ1n) is 4.54. The van der Waals surface area contributed by atoms with Crippen LogP contribution in [0.2, 0.25) is 0 Å². The maximum Gasteiger partial charge on any atom is 0.413 e. The van der Waals surface area contributed by atoms with Gasteiger partial charge in [0.05, 0.1) is 5.37 Å². The third-order valence-corrected chi connectivity index (χ3v) is 1.97. The van der Waals surface area contributed by atoms with Crippen LogP contribution in [-0.2, 0) is 0 Å². The summed E-state index contributed by atoms with van der Waals surface area (Å²) in [5.41, 5.74) is 0. The van der Waals surface area contributed by atoms with Crippen LogP contribution in [0.3, 0.4) is 0 Å². The number of ether oxygens (including phenoxy) is 1. The quantitative estimate of drug-likeness (QED) is 0.468. The lowest BCUT2D eigenvalue weighted by Crippen LogP contribution is -2.33. The summed E-state index contributed by atoms with van der Waals surface area (Å²) >= 11 is 4.13. The van der Waals surface area contributed by atoms with E-state index in [1.807, 2.05) is 6.07 Å². The third-order valence-electron chi connectivity index (χ3n) is 1.63. The van der Waals surface area contributed by atoms with Crippen molar-refractivity contribution >= 4 is 18.7 Å². The highest BCUT2D eigenvalue weighted by molar-refractivity contribution is 7.80. The lowest BCUT2D eigenvalue weighted by molar-refractivity contribution is 0.199. The van der Waals surface area contributed by atoms with Crippen molar-refractivity contribution < 1.29 is 9.53 Å². The van der Waals surface area contributed by atoms with Crippen LogP contribution < -0.4 is 10.1 Å². The third kappa shape index (κ3) is 4.56. The van der Waals surface area contributed by atoms with E-state index in [2.05, 4.69) is 24.5 Å². The molecule has 0 saturated heterocycles. The van der Waals surface area contributed by atoms with Crippen LogP contribution in [0.25, 0.3) is 0 Å². The van der Waals surface area contributed by atoms with E-state index in [9.17, 15) is 4.79 Å². The second-order valence-corrected chi connectivity index (χ2v) is 3.51. The van der Waals surface area contributed by atoms with E-state index >= 15 is 0 Å². The molecule has 0 aromatic heterocycles. The predicted octanol–water partition coefficient (Wildman–Crippen LogP) is 2.61. The molecule has 1 aromatic carbocycles. The smallest absolute Gasteiger partial charge is 0.410 e. The first kappa shape index (κ1) is 11.7. The van der Waals surface area contributed by atoms with E-state index < -0.39 is 6.09 Å². The van der Waals surface area contributed by atoms with Crippen molar-refractivity contribution in [3.8, 4) is 5.75 Å². The van der Waals surface area contributed by atoms with Gasteiger partial charge in [0.2, 0.25) is 0 Å². The molecule has 1 atom stereocenters. The molecule has 3 nitrogen and oxygen atoms in total. The predicted molar refractivity (Wildman–Crippen MR) is 63.2 cm³/mol. The molecule has 0 aliphatic carbocycles. The Balaban J connectivity index is 2.39. The van der Waals surface area contributed by atoms with Crippen molar-refractivity contribution in [2.45, 2.75) is 11.8 Å². The summed E-state index contributed by atoms with van der Waals surface area (Å²) in [6.07, 6.45) is 1.76. The Bertz CT molecular complexity index is 327. The largest absolute Gasteiger partial charge is 0.413 e. The molecule has 0 saturated carbocycles. The van der Waals surface area contributed by atoms with E-state index in [1.54, 1.807) is 30.3 Å². The number of hydrogen-bond donors (Lipinski definition) is 2. The van der Waals surface area contributed by atoms with E-state index in [-0.39, 0.29) is 5.37 Å². The zero-order chi connectivity index (χ0) is 11.1. The van der Waals surface area contributed by atoms with Gasteiger partial charge in [-0.3, -0.25) is 0 Å². The first-order valence-corrected chi connectivity index (χ1v) is 5.06. The SMILES string of the molecule is C=CCC(S)NC(=O)Oc1ccccc1. The first-order chi connectivity index (χ1) is 7.22. The number of nitrogens with one attached hydrogen (secondary N) is 1. The van der Waals surface area contributed by atoms with Crippen LogP contribution in [0.1, 0.15) is 6.42 Å². The molecule has 80 valence electrons. The lowest BCUT2D eigenvalue weighted by Gasteiger charge is -2.10. The van der Waals surface area contributed by atoms with Crippen LogP contribution in [0.4, 0.5) is 4.79 Å². The van der Waals surface area contributed by atoms with Crippen molar-refractivity contribution in [3.63, 3.8) is 0 Å². The second kappa shape index (κ2) is 6.14. The van der Waals surface area contributed by atoms with Crippen molar-refractivity contribution in [2.24, 2.45) is 0 Å². The lowest BCUT2D eigenvalue weighted by atomic mass is 10.3. The minimum Gasteiger partial charge on any atom is -0.410 e. The zero-order valence-corrected chi connectivity index (χ0v) is 9.11. The molecular weight excluding hydrogens is 210 g/mol. The normalized spacial score (nSPS) is 11.5. The summed E-state index contributed by atoms with van der Waals surface area (Å²) in [6, 6.07) is 8.86. The van der Waals surface area contributed by atoms with Crippen LogP contribution in [-0.4, -0.2) is 11.5 Å². The van der Waals surface area contributed by atoms with Crippen molar-refractivity contribution in [1.29, 1.82) is 0 Å². The minimum atomic E-state index is -0.511.